The number of amides is 1. The molecule has 9 nitrogen and oxygen atoms in total. The van der Waals surface area contributed by atoms with Crippen LogP contribution in [0.25, 0.3) is 0 Å². The smallest absolute Gasteiger partial charge is 0.338 e. The number of hydrazone groups is 1. The molecule has 0 aliphatic carbocycles. The lowest BCUT2D eigenvalue weighted by Gasteiger charge is -2.30. The standard InChI is InChI=1S/C30H27Br2FN4O5S/c1-3-40-29(39)26-17(2)35-30(43)36-27(26)21-9-5-7-11-24(21)41-16-25(38)37-34-14-19-12-20(31)13-22(32)28(19)42-15-18-8-4-6-10-23(18)33/h4-14,27H,3,15-16H2,1-2H3,(H,37,38)(H2,35,36,43)/t27-/m1/s1. The zero-order valence-electron chi connectivity index (χ0n) is 23.1. The molecule has 1 amide bonds. The van der Waals surface area contributed by atoms with E-state index in [2.05, 4.69) is 53.0 Å². The minimum Gasteiger partial charge on any atom is -0.487 e. The number of carbonyl (C=O) groups excluding carboxylic acids is 2. The molecule has 1 aliphatic heterocycles. The normalized spacial score (nSPS) is 14.6. The first-order valence-electron chi connectivity index (χ1n) is 13.0. The third-order valence-corrected chi connectivity index (χ3v) is 7.38. The molecular formula is C30H27Br2FN4O5S. The van der Waals surface area contributed by atoms with E-state index in [-0.39, 0.29) is 25.6 Å². The fourth-order valence-corrected chi connectivity index (χ4v) is 5.84. The Bertz CT molecular complexity index is 1600. The van der Waals surface area contributed by atoms with Crippen molar-refractivity contribution in [3.05, 3.63) is 103 Å². The van der Waals surface area contributed by atoms with Gasteiger partial charge in [0.2, 0.25) is 0 Å². The number of ether oxygens (including phenoxy) is 3. The molecule has 0 saturated carbocycles. The summed E-state index contributed by atoms with van der Waals surface area (Å²) in [5.74, 6) is -0.603. The lowest BCUT2D eigenvalue weighted by molar-refractivity contribution is -0.139. The van der Waals surface area contributed by atoms with Gasteiger partial charge in [0.1, 0.15) is 23.9 Å². The van der Waals surface area contributed by atoms with Crippen molar-refractivity contribution in [3.63, 3.8) is 0 Å². The molecule has 3 aromatic carbocycles. The van der Waals surface area contributed by atoms with Gasteiger partial charge in [0.05, 0.1) is 28.9 Å². The summed E-state index contributed by atoms with van der Waals surface area (Å²) in [4.78, 5) is 25.4. The lowest BCUT2D eigenvalue weighted by Crippen LogP contribution is -2.45. The maximum atomic E-state index is 14.1. The molecule has 3 N–H and O–H groups in total. The van der Waals surface area contributed by atoms with E-state index in [9.17, 15) is 14.0 Å². The molecule has 0 unspecified atom stereocenters. The van der Waals surface area contributed by atoms with Crippen LogP contribution in [0.1, 0.15) is 36.6 Å². The molecule has 0 bridgehead atoms. The summed E-state index contributed by atoms with van der Waals surface area (Å²) in [5.41, 5.74) is 4.88. The molecule has 0 saturated heterocycles. The van der Waals surface area contributed by atoms with Crippen LogP contribution in [-0.2, 0) is 20.9 Å². The van der Waals surface area contributed by atoms with E-state index < -0.39 is 17.9 Å². The minimum atomic E-state index is -0.650. The van der Waals surface area contributed by atoms with Crippen LogP contribution in [-0.4, -0.2) is 36.4 Å². The average Bonchev–Trinajstić information content (AvgIpc) is 2.96. The number of para-hydroxylation sites is 1. The van der Waals surface area contributed by atoms with Crippen LogP contribution in [0.4, 0.5) is 4.39 Å². The minimum absolute atomic E-state index is 0.00339. The number of hydrogen-bond acceptors (Lipinski definition) is 7. The Hall–Kier alpha value is -3.81. The number of hydrogen-bond donors (Lipinski definition) is 3. The van der Waals surface area contributed by atoms with Crippen LogP contribution in [0.15, 0.2) is 86.0 Å². The Balaban J connectivity index is 1.44. The topological polar surface area (TPSA) is 110 Å². The second kappa shape index (κ2) is 15.1. The van der Waals surface area contributed by atoms with E-state index in [1.165, 1.54) is 12.3 Å². The molecule has 4 rings (SSSR count). The Morgan fingerprint density at radius 1 is 1.12 bits per heavy atom. The molecule has 1 heterocycles. The van der Waals surface area contributed by atoms with Gasteiger partial charge in [0.25, 0.3) is 5.91 Å². The van der Waals surface area contributed by atoms with E-state index in [0.717, 1.165) is 4.47 Å². The van der Waals surface area contributed by atoms with E-state index in [0.29, 0.717) is 49.0 Å². The monoisotopic (exact) mass is 732 g/mol. The SMILES string of the molecule is CCOC(=O)C1=C(C)NC(=S)N[C@@H]1c1ccccc1OCC(=O)NN=Cc1cc(Br)cc(Br)c1OCc1ccccc1F. The molecule has 224 valence electrons. The largest absolute Gasteiger partial charge is 0.487 e. The maximum absolute atomic E-state index is 14.1. The summed E-state index contributed by atoms with van der Waals surface area (Å²) in [6.45, 7) is 3.31. The average molecular weight is 734 g/mol. The molecule has 3 aromatic rings. The number of halogens is 3. The van der Waals surface area contributed by atoms with Crippen molar-refractivity contribution in [2.45, 2.75) is 26.5 Å². The Morgan fingerprint density at radius 3 is 2.63 bits per heavy atom. The number of rotatable bonds is 11. The van der Waals surface area contributed by atoms with Gasteiger partial charge in [-0.1, -0.05) is 52.3 Å². The summed E-state index contributed by atoms with van der Waals surface area (Å²) >= 11 is 12.2. The molecule has 1 atom stereocenters. The first-order chi connectivity index (χ1) is 20.7. The fourth-order valence-electron chi connectivity index (χ4n) is 4.20. The van der Waals surface area contributed by atoms with Gasteiger partial charge < -0.3 is 24.8 Å². The Labute approximate surface area is 270 Å². The van der Waals surface area contributed by atoms with Crippen molar-refractivity contribution in [2.75, 3.05) is 13.2 Å². The Kier molecular flexibility index (Phi) is 11.3. The quantitative estimate of drug-likeness (QED) is 0.0981. The van der Waals surface area contributed by atoms with Gasteiger partial charge in [0, 0.05) is 26.9 Å². The highest BCUT2D eigenvalue weighted by Gasteiger charge is 2.32. The molecular weight excluding hydrogens is 707 g/mol. The van der Waals surface area contributed by atoms with E-state index in [1.807, 2.05) is 0 Å². The van der Waals surface area contributed by atoms with Gasteiger partial charge in [-0.05, 0) is 66.3 Å². The summed E-state index contributed by atoms with van der Waals surface area (Å²) in [6.07, 6.45) is 1.41. The molecule has 0 fully saturated rings. The van der Waals surface area contributed by atoms with Gasteiger partial charge in [-0.3, -0.25) is 4.79 Å². The zero-order chi connectivity index (χ0) is 30.9. The first-order valence-corrected chi connectivity index (χ1v) is 15.0. The van der Waals surface area contributed by atoms with Crippen molar-refractivity contribution >= 4 is 67.3 Å². The van der Waals surface area contributed by atoms with E-state index in [1.54, 1.807) is 68.4 Å². The highest BCUT2D eigenvalue weighted by molar-refractivity contribution is 9.11. The number of thiocarbonyl (C=S) groups is 1. The van der Waals surface area contributed by atoms with E-state index >= 15 is 0 Å². The van der Waals surface area contributed by atoms with Crippen molar-refractivity contribution < 1.29 is 28.2 Å². The van der Waals surface area contributed by atoms with Crippen LogP contribution in [0.3, 0.4) is 0 Å². The summed E-state index contributed by atoms with van der Waals surface area (Å²) in [7, 11) is 0. The number of carbonyl (C=O) groups is 2. The van der Waals surface area contributed by atoms with Crippen LogP contribution < -0.4 is 25.5 Å². The third-order valence-electron chi connectivity index (χ3n) is 6.11. The number of allylic oxidation sites excluding steroid dienone is 1. The summed E-state index contributed by atoms with van der Waals surface area (Å²) in [6, 6.07) is 16.2. The molecule has 0 spiro atoms. The fraction of sp³-hybridized carbons (Fsp3) is 0.200. The lowest BCUT2D eigenvalue weighted by atomic mass is 9.95. The second-order valence-electron chi connectivity index (χ2n) is 9.10. The molecule has 0 radical (unpaired) electrons. The molecule has 1 aliphatic rings. The highest BCUT2D eigenvalue weighted by Crippen LogP contribution is 2.34. The summed E-state index contributed by atoms with van der Waals surface area (Å²) < 4.78 is 32.4. The van der Waals surface area contributed by atoms with Crippen LogP contribution in [0, 0.1) is 5.82 Å². The van der Waals surface area contributed by atoms with Gasteiger partial charge in [-0.15, -0.1) is 0 Å². The highest BCUT2D eigenvalue weighted by atomic mass is 79.9. The Morgan fingerprint density at radius 2 is 1.86 bits per heavy atom. The number of esters is 1. The molecule has 0 aromatic heterocycles. The van der Waals surface area contributed by atoms with Crippen molar-refractivity contribution in [2.24, 2.45) is 5.10 Å². The van der Waals surface area contributed by atoms with Gasteiger partial charge >= 0.3 is 5.97 Å². The zero-order valence-corrected chi connectivity index (χ0v) is 27.1. The van der Waals surface area contributed by atoms with Crippen molar-refractivity contribution in [3.8, 4) is 11.5 Å². The van der Waals surface area contributed by atoms with Crippen LogP contribution in [0.2, 0.25) is 0 Å². The predicted octanol–water partition coefficient (Wildman–Crippen LogP) is 5.81. The summed E-state index contributed by atoms with van der Waals surface area (Å²) in [5, 5.41) is 10.4. The number of nitrogens with one attached hydrogen (secondary N) is 3. The molecule has 43 heavy (non-hydrogen) atoms. The predicted molar refractivity (Wildman–Crippen MR) is 171 cm³/mol. The first kappa shape index (κ1) is 32.1. The van der Waals surface area contributed by atoms with Crippen molar-refractivity contribution in [1.82, 2.24) is 16.1 Å². The van der Waals surface area contributed by atoms with Gasteiger partial charge in [0.15, 0.2) is 11.7 Å². The second-order valence-corrected chi connectivity index (χ2v) is 11.3. The van der Waals surface area contributed by atoms with E-state index in [4.69, 9.17) is 26.4 Å². The number of nitrogens with zero attached hydrogens (tertiary/aromatic N) is 1. The van der Waals surface area contributed by atoms with Crippen molar-refractivity contribution in [1.29, 1.82) is 0 Å². The maximum Gasteiger partial charge on any atom is 0.338 e. The van der Waals surface area contributed by atoms with Gasteiger partial charge in [-0.25, -0.2) is 14.6 Å². The molecule has 13 heteroatoms. The number of benzene rings is 3. The van der Waals surface area contributed by atoms with Gasteiger partial charge in [-0.2, -0.15) is 5.10 Å². The van der Waals surface area contributed by atoms with Crippen LogP contribution >= 0.6 is 44.1 Å². The van der Waals surface area contributed by atoms with Crippen LogP contribution in [0.5, 0.6) is 11.5 Å². The third kappa shape index (κ3) is 8.39.